The third kappa shape index (κ3) is 2.54. The van der Waals surface area contributed by atoms with Crippen LogP contribution in [0.3, 0.4) is 0 Å². The van der Waals surface area contributed by atoms with Crippen LogP contribution in [0.2, 0.25) is 0 Å². The molecule has 1 fully saturated rings. The zero-order valence-electron chi connectivity index (χ0n) is 13.6. The quantitative estimate of drug-likeness (QED) is 0.787. The van der Waals surface area contributed by atoms with E-state index in [-0.39, 0.29) is 12.1 Å². The van der Waals surface area contributed by atoms with E-state index in [1.807, 2.05) is 66.9 Å². The van der Waals surface area contributed by atoms with Gasteiger partial charge in [0.1, 0.15) is 0 Å². The van der Waals surface area contributed by atoms with Crippen molar-refractivity contribution in [2.75, 3.05) is 0 Å². The fourth-order valence-electron chi connectivity index (χ4n) is 3.79. The van der Waals surface area contributed by atoms with Crippen LogP contribution in [-0.2, 0) is 9.53 Å². The first-order valence-electron chi connectivity index (χ1n) is 8.64. The third-order valence-corrected chi connectivity index (χ3v) is 5.30. The monoisotopic (exact) mass is 319 g/mol. The Labute approximate surface area is 142 Å². The maximum absolute atomic E-state index is 13.0. The van der Waals surface area contributed by atoms with E-state index < -0.39 is 5.54 Å². The van der Waals surface area contributed by atoms with Crippen LogP contribution in [0.1, 0.15) is 42.9 Å². The van der Waals surface area contributed by atoms with E-state index in [1.54, 1.807) is 0 Å². The molecule has 0 radical (unpaired) electrons. The topological polar surface area (TPSA) is 38.7 Å². The van der Waals surface area contributed by atoms with Crippen molar-refractivity contribution in [2.45, 2.75) is 37.3 Å². The van der Waals surface area contributed by atoms with Crippen LogP contribution in [-0.4, -0.2) is 17.7 Å². The van der Waals surface area contributed by atoms with Crippen molar-refractivity contribution in [1.29, 1.82) is 0 Å². The molecule has 0 spiro atoms. The molecule has 2 atom stereocenters. The highest BCUT2D eigenvalue weighted by molar-refractivity contribution is 5.86. The van der Waals surface area contributed by atoms with Crippen LogP contribution in [0.15, 0.2) is 65.7 Å². The number of hydrogen-bond donors (Lipinski definition) is 0. The Morgan fingerprint density at radius 1 is 1.00 bits per heavy atom. The lowest BCUT2D eigenvalue weighted by molar-refractivity contribution is -0.162. The number of carbonyl (C=O) groups excluding carboxylic acids is 1. The molecule has 4 rings (SSSR count). The molecule has 2 aromatic carbocycles. The summed E-state index contributed by atoms with van der Waals surface area (Å²) < 4.78 is 6.03. The third-order valence-electron chi connectivity index (χ3n) is 5.30. The van der Waals surface area contributed by atoms with E-state index in [4.69, 9.17) is 4.74 Å². The SMILES string of the molecule is O=C(OC(c1ccccc1)c1ccccc1)C12CCC1CCC=N2. The molecule has 24 heavy (non-hydrogen) atoms. The molecule has 3 heteroatoms. The van der Waals surface area contributed by atoms with Crippen LogP contribution in [0.5, 0.6) is 0 Å². The van der Waals surface area contributed by atoms with Gasteiger partial charge in [-0.25, -0.2) is 4.79 Å². The number of nitrogens with zero attached hydrogens (tertiary/aromatic N) is 1. The summed E-state index contributed by atoms with van der Waals surface area (Å²) in [5, 5.41) is 0. The van der Waals surface area contributed by atoms with Crippen LogP contribution in [0.25, 0.3) is 0 Å². The lowest BCUT2D eigenvalue weighted by Gasteiger charge is -2.46. The molecule has 122 valence electrons. The van der Waals surface area contributed by atoms with Gasteiger partial charge in [-0.15, -0.1) is 0 Å². The van der Waals surface area contributed by atoms with Gasteiger partial charge in [0.05, 0.1) is 0 Å². The van der Waals surface area contributed by atoms with E-state index in [9.17, 15) is 4.79 Å². The van der Waals surface area contributed by atoms with Crippen molar-refractivity contribution in [2.24, 2.45) is 10.9 Å². The highest BCUT2D eigenvalue weighted by atomic mass is 16.5. The zero-order valence-corrected chi connectivity index (χ0v) is 13.6. The van der Waals surface area contributed by atoms with Gasteiger partial charge >= 0.3 is 5.97 Å². The van der Waals surface area contributed by atoms with Gasteiger partial charge in [-0.05, 0) is 42.7 Å². The smallest absolute Gasteiger partial charge is 0.335 e. The van der Waals surface area contributed by atoms with Crippen LogP contribution >= 0.6 is 0 Å². The lowest BCUT2D eigenvalue weighted by atomic mass is 9.64. The minimum atomic E-state index is -0.625. The summed E-state index contributed by atoms with van der Waals surface area (Å²) in [6, 6.07) is 19.9. The first-order chi connectivity index (χ1) is 11.8. The molecule has 1 saturated carbocycles. The van der Waals surface area contributed by atoms with Crippen molar-refractivity contribution in [3.63, 3.8) is 0 Å². The van der Waals surface area contributed by atoms with E-state index >= 15 is 0 Å². The molecular formula is C21H21NO2. The summed E-state index contributed by atoms with van der Waals surface area (Å²) in [6.07, 6.45) is 5.42. The van der Waals surface area contributed by atoms with E-state index in [0.29, 0.717) is 5.92 Å². The van der Waals surface area contributed by atoms with E-state index in [2.05, 4.69) is 4.99 Å². The molecule has 0 aromatic heterocycles. The van der Waals surface area contributed by atoms with Crippen molar-refractivity contribution in [3.05, 3.63) is 71.8 Å². The average molecular weight is 319 g/mol. The number of rotatable bonds is 4. The van der Waals surface area contributed by atoms with Crippen molar-refractivity contribution >= 4 is 12.2 Å². The average Bonchev–Trinajstić information content (AvgIpc) is 2.62. The number of fused-ring (bicyclic) bond motifs is 1. The second-order valence-electron chi connectivity index (χ2n) is 6.66. The molecular weight excluding hydrogens is 298 g/mol. The van der Waals surface area contributed by atoms with Gasteiger partial charge in [0, 0.05) is 6.21 Å². The Balaban J connectivity index is 1.64. The molecule has 2 aromatic rings. The van der Waals surface area contributed by atoms with Crippen LogP contribution < -0.4 is 0 Å². The van der Waals surface area contributed by atoms with Gasteiger partial charge in [0.25, 0.3) is 0 Å². The molecule has 0 amide bonds. The molecule has 1 aliphatic carbocycles. The molecule has 2 unspecified atom stereocenters. The zero-order chi connectivity index (χ0) is 16.4. The number of carbonyl (C=O) groups is 1. The number of ether oxygens (including phenoxy) is 1. The minimum Gasteiger partial charge on any atom is -0.451 e. The fourth-order valence-corrected chi connectivity index (χ4v) is 3.79. The lowest BCUT2D eigenvalue weighted by Crippen LogP contribution is -2.54. The molecule has 0 saturated heterocycles. The largest absolute Gasteiger partial charge is 0.451 e. The summed E-state index contributed by atoms with van der Waals surface area (Å²) in [7, 11) is 0. The molecule has 0 N–H and O–H groups in total. The summed E-state index contributed by atoms with van der Waals surface area (Å²) in [5.74, 6) is 0.176. The molecule has 0 bridgehead atoms. The number of esters is 1. The molecule has 3 nitrogen and oxygen atoms in total. The summed E-state index contributed by atoms with van der Waals surface area (Å²) >= 11 is 0. The van der Waals surface area contributed by atoms with Gasteiger partial charge < -0.3 is 4.74 Å². The molecule has 2 aliphatic rings. The maximum Gasteiger partial charge on any atom is 0.335 e. The van der Waals surface area contributed by atoms with Crippen molar-refractivity contribution < 1.29 is 9.53 Å². The minimum absolute atomic E-state index is 0.174. The summed E-state index contributed by atoms with van der Waals surface area (Å²) in [4.78, 5) is 17.6. The van der Waals surface area contributed by atoms with Crippen LogP contribution in [0, 0.1) is 5.92 Å². The Hall–Kier alpha value is -2.42. The second-order valence-corrected chi connectivity index (χ2v) is 6.66. The van der Waals surface area contributed by atoms with Gasteiger partial charge in [0.15, 0.2) is 11.6 Å². The first kappa shape index (κ1) is 15.1. The summed E-state index contributed by atoms with van der Waals surface area (Å²) in [5.41, 5.74) is 1.35. The van der Waals surface area contributed by atoms with Gasteiger partial charge in [-0.1, -0.05) is 60.7 Å². The fraction of sp³-hybridized carbons (Fsp3) is 0.333. The highest BCUT2D eigenvalue weighted by Gasteiger charge is 2.55. The standard InChI is InChI=1S/C21H21NO2/c23-20(21-14-13-18(21)12-7-15-22-21)24-19(16-8-3-1-4-9-16)17-10-5-2-6-11-17/h1-6,8-11,15,18-19H,7,12-14H2. The normalized spacial score (nSPS) is 25.0. The first-order valence-corrected chi connectivity index (χ1v) is 8.64. The maximum atomic E-state index is 13.0. The highest BCUT2D eigenvalue weighted by Crippen LogP contribution is 2.48. The molecule has 1 heterocycles. The predicted molar refractivity (Wildman–Crippen MR) is 94.0 cm³/mol. The van der Waals surface area contributed by atoms with Crippen molar-refractivity contribution in [1.82, 2.24) is 0 Å². The van der Waals surface area contributed by atoms with Crippen LogP contribution in [0.4, 0.5) is 0 Å². The number of aliphatic imine (C=N–C) groups is 1. The number of benzene rings is 2. The molecule has 1 aliphatic heterocycles. The van der Waals surface area contributed by atoms with Gasteiger partial charge in [-0.3, -0.25) is 4.99 Å². The Bertz CT molecular complexity index is 701. The Morgan fingerprint density at radius 2 is 1.62 bits per heavy atom. The van der Waals surface area contributed by atoms with E-state index in [1.165, 1.54) is 0 Å². The summed E-state index contributed by atoms with van der Waals surface area (Å²) in [6.45, 7) is 0. The van der Waals surface area contributed by atoms with E-state index in [0.717, 1.165) is 36.8 Å². The van der Waals surface area contributed by atoms with Gasteiger partial charge in [0.2, 0.25) is 0 Å². The Kier molecular flexibility index (Phi) is 3.93. The van der Waals surface area contributed by atoms with Crippen molar-refractivity contribution in [3.8, 4) is 0 Å². The number of hydrogen-bond acceptors (Lipinski definition) is 3. The predicted octanol–water partition coefficient (Wildman–Crippen LogP) is 4.33. The second kappa shape index (κ2) is 6.23. The van der Waals surface area contributed by atoms with Gasteiger partial charge in [-0.2, -0.15) is 0 Å². The Morgan fingerprint density at radius 3 is 2.12 bits per heavy atom.